The van der Waals surface area contributed by atoms with E-state index in [0.717, 1.165) is 12.8 Å². The van der Waals surface area contributed by atoms with E-state index in [-0.39, 0.29) is 10.8 Å². The smallest absolute Gasteiger partial charge is 0.207 e. The highest BCUT2D eigenvalue weighted by Crippen LogP contribution is 2.33. The second-order valence-corrected chi connectivity index (χ2v) is 6.37. The van der Waals surface area contributed by atoms with Crippen LogP contribution in [0.25, 0.3) is 0 Å². The maximum Gasteiger partial charge on any atom is 0.241 e. The molecule has 0 heterocycles. The molecule has 0 radical (unpaired) electrons. The minimum absolute atomic E-state index is 0.0879. The van der Waals surface area contributed by atoms with E-state index in [4.69, 9.17) is 10.5 Å². The molecule has 98 valence electrons. The maximum absolute atomic E-state index is 12.1. The van der Waals surface area contributed by atoms with Gasteiger partial charge in [0.2, 0.25) is 10.0 Å². The molecule has 0 saturated heterocycles. The molecule has 1 unspecified atom stereocenters. The largest absolute Gasteiger partial charge is 0.241 e. The topological polar surface area (TPSA) is 93.8 Å². The highest BCUT2D eigenvalue weighted by Gasteiger charge is 2.34. The number of benzene rings is 1. The van der Waals surface area contributed by atoms with Crippen LogP contribution in [-0.2, 0) is 10.0 Å². The average molecular weight is 275 g/mol. The summed E-state index contributed by atoms with van der Waals surface area (Å²) in [6.07, 6.45) is 1.76. The van der Waals surface area contributed by atoms with Gasteiger partial charge in [-0.15, -0.1) is 0 Å². The molecule has 0 bridgehead atoms. The molecular weight excluding hydrogens is 262 g/mol. The van der Waals surface area contributed by atoms with Crippen molar-refractivity contribution < 1.29 is 8.42 Å². The summed E-state index contributed by atoms with van der Waals surface area (Å²) in [6, 6.07) is 7.61. The van der Waals surface area contributed by atoms with E-state index >= 15 is 0 Å². The summed E-state index contributed by atoms with van der Waals surface area (Å²) >= 11 is 0. The van der Waals surface area contributed by atoms with Crippen molar-refractivity contribution in [3.05, 3.63) is 29.3 Å². The monoisotopic (exact) mass is 275 g/mol. The fraction of sp³-hybridized carbons (Fsp3) is 0.385. The van der Waals surface area contributed by atoms with Crippen molar-refractivity contribution >= 4 is 10.0 Å². The predicted molar refractivity (Wildman–Crippen MR) is 68.3 cm³/mol. The van der Waals surface area contributed by atoms with Gasteiger partial charge in [-0.2, -0.15) is 15.2 Å². The SMILES string of the molecule is Cc1cc(S(=O)(=O)NC(C#N)C2CC2)ccc1C#N. The van der Waals surface area contributed by atoms with Crippen molar-refractivity contribution in [1.82, 2.24) is 4.72 Å². The Morgan fingerprint density at radius 2 is 2.05 bits per heavy atom. The summed E-state index contributed by atoms with van der Waals surface area (Å²) in [6.45, 7) is 1.68. The number of aryl methyl sites for hydroxylation is 1. The number of rotatable bonds is 4. The fourth-order valence-corrected chi connectivity index (χ4v) is 3.12. The number of nitrogens with zero attached hydrogens (tertiary/aromatic N) is 2. The van der Waals surface area contributed by atoms with Crippen molar-refractivity contribution in [2.45, 2.75) is 30.7 Å². The van der Waals surface area contributed by atoms with E-state index in [1.165, 1.54) is 18.2 Å². The summed E-state index contributed by atoms with van der Waals surface area (Å²) in [5.41, 5.74) is 1.04. The lowest BCUT2D eigenvalue weighted by atomic mass is 10.1. The molecule has 0 spiro atoms. The van der Waals surface area contributed by atoms with Gasteiger partial charge in [-0.05, 0) is 49.4 Å². The standard InChI is InChI=1S/C13H13N3O2S/c1-9-6-12(5-4-11(9)7-14)19(17,18)16-13(8-15)10-2-3-10/h4-6,10,13,16H,2-3H2,1H3. The molecule has 0 aliphatic heterocycles. The Labute approximate surface area is 112 Å². The first-order valence-corrected chi connectivity index (χ1v) is 7.39. The Kier molecular flexibility index (Phi) is 3.57. The third-order valence-electron chi connectivity index (χ3n) is 3.14. The number of nitriles is 2. The van der Waals surface area contributed by atoms with E-state index < -0.39 is 16.1 Å². The Hall–Kier alpha value is -1.89. The Morgan fingerprint density at radius 3 is 2.53 bits per heavy atom. The zero-order valence-electron chi connectivity index (χ0n) is 10.4. The van der Waals surface area contributed by atoms with Gasteiger partial charge in [0.05, 0.1) is 22.6 Å². The zero-order valence-corrected chi connectivity index (χ0v) is 11.2. The van der Waals surface area contributed by atoms with Gasteiger partial charge in [0.25, 0.3) is 0 Å². The summed E-state index contributed by atoms with van der Waals surface area (Å²) in [5, 5.41) is 17.8. The summed E-state index contributed by atoms with van der Waals surface area (Å²) < 4.78 is 26.7. The van der Waals surface area contributed by atoms with E-state index in [0.29, 0.717) is 11.1 Å². The third-order valence-corrected chi connectivity index (χ3v) is 4.58. The number of hydrogen-bond acceptors (Lipinski definition) is 4. The summed E-state index contributed by atoms with van der Waals surface area (Å²) in [7, 11) is -3.71. The lowest BCUT2D eigenvalue weighted by molar-refractivity contribution is 0.560. The van der Waals surface area contributed by atoms with Crippen LogP contribution in [0, 0.1) is 35.5 Å². The van der Waals surface area contributed by atoms with Gasteiger partial charge in [0.15, 0.2) is 0 Å². The molecule has 0 amide bonds. The first-order chi connectivity index (χ1) is 8.97. The van der Waals surface area contributed by atoms with E-state index in [2.05, 4.69) is 4.72 Å². The van der Waals surface area contributed by atoms with Crippen LogP contribution in [0.2, 0.25) is 0 Å². The zero-order chi connectivity index (χ0) is 14.0. The molecule has 5 nitrogen and oxygen atoms in total. The van der Waals surface area contributed by atoms with Gasteiger partial charge in [0, 0.05) is 0 Å². The van der Waals surface area contributed by atoms with Crippen molar-refractivity contribution in [1.29, 1.82) is 10.5 Å². The first-order valence-electron chi connectivity index (χ1n) is 5.90. The van der Waals surface area contributed by atoms with Gasteiger partial charge < -0.3 is 0 Å². The highest BCUT2D eigenvalue weighted by atomic mass is 32.2. The second-order valence-electron chi connectivity index (χ2n) is 4.65. The first kappa shape index (κ1) is 13.5. The van der Waals surface area contributed by atoms with E-state index in [1.807, 2.05) is 12.1 Å². The highest BCUT2D eigenvalue weighted by molar-refractivity contribution is 7.89. The molecule has 1 atom stereocenters. The lowest BCUT2D eigenvalue weighted by Crippen LogP contribution is -2.35. The van der Waals surface area contributed by atoms with Gasteiger partial charge in [-0.3, -0.25) is 0 Å². The van der Waals surface area contributed by atoms with Gasteiger partial charge >= 0.3 is 0 Å². The molecule has 19 heavy (non-hydrogen) atoms. The Morgan fingerprint density at radius 1 is 1.37 bits per heavy atom. The van der Waals surface area contributed by atoms with Crippen LogP contribution in [0.1, 0.15) is 24.0 Å². The van der Waals surface area contributed by atoms with Gasteiger partial charge in [-0.25, -0.2) is 8.42 Å². The molecule has 1 aromatic carbocycles. The van der Waals surface area contributed by atoms with Gasteiger partial charge in [-0.1, -0.05) is 0 Å². The quantitative estimate of drug-likeness (QED) is 0.899. The fourth-order valence-electron chi connectivity index (χ4n) is 1.82. The van der Waals surface area contributed by atoms with Crippen molar-refractivity contribution in [2.24, 2.45) is 5.92 Å². The molecule has 1 N–H and O–H groups in total. The van der Waals surface area contributed by atoms with Crippen molar-refractivity contribution in [3.8, 4) is 12.1 Å². The molecule has 0 aromatic heterocycles. The number of nitrogens with one attached hydrogen (secondary N) is 1. The van der Waals surface area contributed by atoms with Crippen molar-refractivity contribution in [2.75, 3.05) is 0 Å². The maximum atomic E-state index is 12.1. The molecule has 1 aromatic rings. The summed E-state index contributed by atoms with van der Waals surface area (Å²) in [5.74, 6) is 0.124. The van der Waals surface area contributed by atoms with Crippen LogP contribution in [0.3, 0.4) is 0 Å². The van der Waals surface area contributed by atoms with Crippen molar-refractivity contribution in [3.63, 3.8) is 0 Å². The number of sulfonamides is 1. The van der Waals surface area contributed by atoms with Crippen LogP contribution in [0.15, 0.2) is 23.1 Å². The average Bonchev–Trinajstić information content (AvgIpc) is 3.20. The lowest BCUT2D eigenvalue weighted by Gasteiger charge is -2.11. The van der Waals surface area contributed by atoms with Crippen LogP contribution in [0.4, 0.5) is 0 Å². The predicted octanol–water partition coefficient (Wildman–Crippen LogP) is 1.45. The van der Waals surface area contributed by atoms with Crippen LogP contribution in [-0.4, -0.2) is 14.5 Å². The molecular formula is C13H13N3O2S. The molecule has 1 saturated carbocycles. The molecule has 1 fully saturated rings. The molecule has 6 heteroatoms. The normalized spacial score (nSPS) is 16.4. The van der Waals surface area contributed by atoms with Crippen LogP contribution >= 0.6 is 0 Å². The van der Waals surface area contributed by atoms with Crippen LogP contribution in [0.5, 0.6) is 0 Å². The Bertz CT molecular complexity index is 679. The van der Waals surface area contributed by atoms with Crippen LogP contribution < -0.4 is 4.72 Å². The summed E-state index contributed by atoms with van der Waals surface area (Å²) in [4.78, 5) is 0.0879. The minimum Gasteiger partial charge on any atom is -0.207 e. The van der Waals surface area contributed by atoms with E-state index in [9.17, 15) is 8.42 Å². The molecule has 1 aliphatic rings. The molecule has 2 rings (SSSR count). The second kappa shape index (κ2) is 5.00. The number of hydrogen-bond donors (Lipinski definition) is 1. The minimum atomic E-state index is -3.71. The Balaban J connectivity index is 2.27. The van der Waals surface area contributed by atoms with E-state index in [1.54, 1.807) is 6.92 Å². The third kappa shape index (κ3) is 2.93. The molecule has 1 aliphatic carbocycles. The van der Waals surface area contributed by atoms with Gasteiger partial charge in [0.1, 0.15) is 6.04 Å².